The number of rotatable bonds is 4. The minimum absolute atomic E-state index is 0.181. The lowest BCUT2D eigenvalue weighted by molar-refractivity contribution is -0.141. The highest BCUT2D eigenvalue weighted by molar-refractivity contribution is 5.90. The third-order valence-electron chi connectivity index (χ3n) is 1.50. The predicted octanol–water partition coefficient (Wildman–Crippen LogP) is 0.161. The van der Waals surface area contributed by atoms with E-state index in [1.165, 1.54) is 18.6 Å². The van der Waals surface area contributed by atoms with Gasteiger partial charge in [0.2, 0.25) is 0 Å². The highest BCUT2D eigenvalue weighted by Gasteiger charge is 2.05. The number of nitrogens with zero attached hydrogens (tertiary/aromatic N) is 2. The van der Waals surface area contributed by atoms with Gasteiger partial charge in [-0.2, -0.15) is 0 Å². The van der Waals surface area contributed by atoms with Gasteiger partial charge in [0, 0.05) is 12.4 Å². The van der Waals surface area contributed by atoms with E-state index in [1.54, 1.807) is 6.92 Å². The zero-order valence-electron chi connectivity index (χ0n) is 8.77. The second-order valence-corrected chi connectivity index (χ2v) is 2.70. The molecular formula is C9H12N4O3. The van der Waals surface area contributed by atoms with Crippen LogP contribution in [-0.2, 0) is 9.53 Å². The number of nitrogens with one attached hydrogen (secondary N) is 2. The first-order valence-electron chi connectivity index (χ1n) is 4.69. The molecule has 7 nitrogen and oxygen atoms in total. The summed E-state index contributed by atoms with van der Waals surface area (Å²) in [7, 11) is 0. The molecule has 0 aliphatic rings. The van der Waals surface area contributed by atoms with Gasteiger partial charge in [0.1, 0.15) is 6.54 Å². The monoisotopic (exact) mass is 224 g/mol. The molecule has 0 bridgehead atoms. The minimum Gasteiger partial charge on any atom is -0.465 e. The molecule has 0 aliphatic heterocycles. The molecule has 0 spiro atoms. The van der Waals surface area contributed by atoms with Crippen LogP contribution in [0.15, 0.2) is 18.6 Å². The predicted molar refractivity (Wildman–Crippen MR) is 55.7 cm³/mol. The number of aromatic nitrogens is 2. The van der Waals surface area contributed by atoms with E-state index in [1.807, 2.05) is 0 Å². The van der Waals surface area contributed by atoms with Gasteiger partial charge in [-0.1, -0.05) is 0 Å². The van der Waals surface area contributed by atoms with Crippen molar-refractivity contribution in [2.75, 3.05) is 18.5 Å². The van der Waals surface area contributed by atoms with Crippen LogP contribution in [-0.4, -0.2) is 35.1 Å². The van der Waals surface area contributed by atoms with Crippen molar-refractivity contribution in [2.24, 2.45) is 0 Å². The highest BCUT2D eigenvalue weighted by Crippen LogP contribution is 1.95. The summed E-state index contributed by atoms with van der Waals surface area (Å²) in [6, 6.07) is -0.534. The fourth-order valence-electron chi connectivity index (χ4n) is 0.889. The Hall–Kier alpha value is -2.18. The molecule has 0 atom stereocenters. The number of esters is 1. The topological polar surface area (TPSA) is 93.2 Å². The minimum atomic E-state index is -0.534. The van der Waals surface area contributed by atoms with Gasteiger partial charge in [-0.25, -0.2) is 9.78 Å². The van der Waals surface area contributed by atoms with Crippen LogP contribution >= 0.6 is 0 Å². The second kappa shape index (κ2) is 6.33. The molecule has 7 heteroatoms. The summed E-state index contributed by atoms with van der Waals surface area (Å²) in [5.74, 6) is -0.180. The van der Waals surface area contributed by atoms with Crippen molar-refractivity contribution in [3.8, 4) is 0 Å². The largest absolute Gasteiger partial charge is 0.465 e. The van der Waals surface area contributed by atoms with Crippen molar-refractivity contribution < 1.29 is 14.3 Å². The molecule has 0 aliphatic carbocycles. The number of anilines is 1. The molecular weight excluding hydrogens is 212 g/mol. The molecule has 1 aromatic rings. The fraction of sp³-hybridized carbons (Fsp3) is 0.333. The Balaban J connectivity index is 2.29. The molecule has 0 saturated carbocycles. The SMILES string of the molecule is CCOC(=O)CNC(=O)Nc1cnccn1. The molecule has 1 aromatic heterocycles. The molecule has 86 valence electrons. The van der Waals surface area contributed by atoms with Crippen molar-refractivity contribution in [3.63, 3.8) is 0 Å². The molecule has 0 unspecified atom stereocenters. The molecule has 0 radical (unpaired) electrons. The maximum Gasteiger partial charge on any atom is 0.325 e. The van der Waals surface area contributed by atoms with E-state index in [-0.39, 0.29) is 13.2 Å². The maximum atomic E-state index is 11.2. The Morgan fingerprint density at radius 2 is 2.25 bits per heavy atom. The Morgan fingerprint density at radius 1 is 1.44 bits per heavy atom. The normalized spacial score (nSPS) is 9.31. The summed E-state index contributed by atoms with van der Waals surface area (Å²) in [4.78, 5) is 29.7. The molecule has 1 heterocycles. The van der Waals surface area contributed by atoms with E-state index in [0.717, 1.165) is 0 Å². The van der Waals surface area contributed by atoms with E-state index in [0.29, 0.717) is 5.82 Å². The highest BCUT2D eigenvalue weighted by atomic mass is 16.5. The summed E-state index contributed by atoms with van der Waals surface area (Å²) in [5.41, 5.74) is 0. The third-order valence-corrected chi connectivity index (χ3v) is 1.50. The van der Waals surface area contributed by atoms with E-state index in [9.17, 15) is 9.59 Å². The number of carbonyl (C=O) groups excluding carboxylic acids is 2. The van der Waals surface area contributed by atoms with Crippen LogP contribution in [0.1, 0.15) is 6.92 Å². The maximum absolute atomic E-state index is 11.2. The Labute approximate surface area is 92.2 Å². The van der Waals surface area contributed by atoms with Crippen molar-refractivity contribution in [1.29, 1.82) is 0 Å². The summed E-state index contributed by atoms with van der Waals surface area (Å²) < 4.78 is 4.63. The number of hydrogen-bond acceptors (Lipinski definition) is 5. The smallest absolute Gasteiger partial charge is 0.325 e. The molecule has 0 aromatic carbocycles. The lowest BCUT2D eigenvalue weighted by Gasteiger charge is -2.05. The lowest BCUT2D eigenvalue weighted by atomic mass is 10.6. The Kier molecular flexibility index (Phi) is 4.71. The van der Waals surface area contributed by atoms with Crippen LogP contribution in [0.2, 0.25) is 0 Å². The van der Waals surface area contributed by atoms with E-state index in [4.69, 9.17) is 0 Å². The molecule has 2 N–H and O–H groups in total. The van der Waals surface area contributed by atoms with Crippen molar-refractivity contribution in [3.05, 3.63) is 18.6 Å². The van der Waals surface area contributed by atoms with Gasteiger partial charge in [0.15, 0.2) is 5.82 Å². The average Bonchev–Trinajstić information content (AvgIpc) is 2.28. The van der Waals surface area contributed by atoms with Crippen LogP contribution in [0.4, 0.5) is 10.6 Å². The molecule has 16 heavy (non-hydrogen) atoms. The standard InChI is InChI=1S/C9H12N4O3/c1-2-16-8(14)6-12-9(15)13-7-5-10-3-4-11-7/h3-5H,2,6H2,1H3,(H2,11,12,13,15). The van der Waals surface area contributed by atoms with Crippen molar-refractivity contribution >= 4 is 17.8 Å². The summed E-state index contributed by atoms with van der Waals surface area (Å²) in [6.07, 6.45) is 4.33. The first kappa shape index (κ1) is 11.9. The Bertz CT molecular complexity index is 355. The molecule has 2 amide bonds. The van der Waals surface area contributed by atoms with E-state index in [2.05, 4.69) is 25.3 Å². The van der Waals surface area contributed by atoms with Gasteiger partial charge in [0.25, 0.3) is 0 Å². The van der Waals surface area contributed by atoms with Crippen LogP contribution in [0.3, 0.4) is 0 Å². The Morgan fingerprint density at radius 3 is 2.88 bits per heavy atom. The van der Waals surface area contributed by atoms with Gasteiger partial charge in [-0.3, -0.25) is 15.1 Å². The van der Waals surface area contributed by atoms with Gasteiger partial charge in [0.05, 0.1) is 12.8 Å². The quantitative estimate of drug-likeness (QED) is 0.710. The van der Waals surface area contributed by atoms with Gasteiger partial charge >= 0.3 is 12.0 Å². The molecule has 0 fully saturated rings. The first-order valence-corrected chi connectivity index (χ1v) is 4.69. The number of amides is 2. The fourth-order valence-corrected chi connectivity index (χ4v) is 0.889. The van der Waals surface area contributed by atoms with Crippen LogP contribution in [0, 0.1) is 0 Å². The zero-order chi connectivity index (χ0) is 11.8. The van der Waals surface area contributed by atoms with Gasteiger partial charge < -0.3 is 10.1 Å². The van der Waals surface area contributed by atoms with E-state index < -0.39 is 12.0 Å². The lowest BCUT2D eigenvalue weighted by Crippen LogP contribution is -2.34. The molecule has 0 saturated heterocycles. The van der Waals surface area contributed by atoms with E-state index >= 15 is 0 Å². The first-order chi connectivity index (χ1) is 7.72. The van der Waals surface area contributed by atoms with Crippen LogP contribution in [0.5, 0.6) is 0 Å². The van der Waals surface area contributed by atoms with Gasteiger partial charge in [-0.05, 0) is 6.92 Å². The summed E-state index contributed by atoms with van der Waals surface area (Å²) in [5, 5.41) is 4.73. The summed E-state index contributed by atoms with van der Waals surface area (Å²) in [6.45, 7) is 1.80. The van der Waals surface area contributed by atoms with Crippen LogP contribution in [0.25, 0.3) is 0 Å². The number of urea groups is 1. The third kappa shape index (κ3) is 4.36. The van der Waals surface area contributed by atoms with Gasteiger partial charge in [-0.15, -0.1) is 0 Å². The number of hydrogen-bond donors (Lipinski definition) is 2. The zero-order valence-corrected chi connectivity index (χ0v) is 8.77. The summed E-state index contributed by atoms with van der Waals surface area (Å²) >= 11 is 0. The van der Waals surface area contributed by atoms with Crippen molar-refractivity contribution in [2.45, 2.75) is 6.92 Å². The van der Waals surface area contributed by atoms with Crippen LogP contribution < -0.4 is 10.6 Å². The number of carbonyl (C=O) groups is 2. The number of ether oxygens (including phenoxy) is 1. The molecule has 1 rings (SSSR count). The second-order valence-electron chi connectivity index (χ2n) is 2.70. The van der Waals surface area contributed by atoms with Crippen molar-refractivity contribution in [1.82, 2.24) is 15.3 Å². The average molecular weight is 224 g/mol.